The number of nitrogens with zero attached hydrogens (tertiary/aromatic N) is 1. The highest BCUT2D eigenvalue weighted by molar-refractivity contribution is 9.10. The van der Waals surface area contributed by atoms with Gasteiger partial charge >= 0.3 is 6.18 Å². The van der Waals surface area contributed by atoms with Crippen LogP contribution in [0.15, 0.2) is 16.6 Å². The van der Waals surface area contributed by atoms with E-state index in [0.717, 1.165) is 32.2 Å². The van der Waals surface area contributed by atoms with Gasteiger partial charge in [0.15, 0.2) is 0 Å². The van der Waals surface area contributed by atoms with Crippen molar-refractivity contribution in [3.05, 3.63) is 27.7 Å². The highest BCUT2D eigenvalue weighted by atomic mass is 79.9. The van der Waals surface area contributed by atoms with Gasteiger partial charge in [0.25, 0.3) is 0 Å². The summed E-state index contributed by atoms with van der Waals surface area (Å²) in [5.74, 6) is 0.202. The molecule has 0 spiro atoms. The molecule has 3 nitrogen and oxygen atoms in total. The van der Waals surface area contributed by atoms with Crippen LogP contribution in [0.4, 0.5) is 13.2 Å². The number of alkyl halides is 3. The van der Waals surface area contributed by atoms with Gasteiger partial charge in [-0.1, -0.05) is 0 Å². The van der Waals surface area contributed by atoms with Crippen LogP contribution in [0, 0.1) is 0 Å². The van der Waals surface area contributed by atoms with E-state index in [9.17, 15) is 13.2 Å². The van der Waals surface area contributed by atoms with Crippen LogP contribution in [0.3, 0.4) is 0 Å². The van der Waals surface area contributed by atoms with Crippen LogP contribution in [-0.4, -0.2) is 44.7 Å². The number of ether oxygens (including phenoxy) is 1. The smallest absolute Gasteiger partial charge is 0.416 e. The summed E-state index contributed by atoms with van der Waals surface area (Å²) in [5.41, 5.74) is -0.314. The van der Waals surface area contributed by atoms with E-state index in [0.29, 0.717) is 23.0 Å². The summed E-state index contributed by atoms with van der Waals surface area (Å²) < 4.78 is 45.0. The standard InChI is InChI=1S/C14H18BrF3N2O/c1-21-13-9-11(14(16,17)18)10(8-12(13)15)2-5-20-6-3-19-4-7-20/h8-9,19H,2-7H2,1H3. The van der Waals surface area contributed by atoms with E-state index in [-0.39, 0.29) is 5.75 Å². The van der Waals surface area contributed by atoms with Crippen molar-refractivity contribution < 1.29 is 17.9 Å². The Morgan fingerprint density at radius 1 is 1.29 bits per heavy atom. The molecule has 21 heavy (non-hydrogen) atoms. The molecule has 0 radical (unpaired) electrons. The zero-order valence-electron chi connectivity index (χ0n) is 11.8. The molecule has 1 aliphatic rings. The summed E-state index contributed by atoms with van der Waals surface area (Å²) in [4.78, 5) is 2.18. The first-order valence-corrected chi connectivity index (χ1v) is 7.58. The van der Waals surface area contributed by atoms with E-state index in [2.05, 4.69) is 26.1 Å². The lowest BCUT2D eigenvalue weighted by molar-refractivity contribution is -0.138. The number of halogens is 4. The summed E-state index contributed by atoms with van der Waals surface area (Å²) in [5, 5.41) is 3.23. The summed E-state index contributed by atoms with van der Waals surface area (Å²) in [6.45, 7) is 4.15. The predicted octanol–water partition coefficient (Wildman–Crippen LogP) is 2.92. The average molecular weight is 367 g/mol. The van der Waals surface area contributed by atoms with E-state index < -0.39 is 11.7 Å². The molecule has 0 saturated carbocycles. The number of hydrogen-bond donors (Lipinski definition) is 1. The lowest BCUT2D eigenvalue weighted by Gasteiger charge is -2.27. The van der Waals surface area contributed by atoms with Crippen molar-refractivity contribution in [2.45, 2.75) is 12.6 Å². The number of rotatable bonds is 4. The Kier molecular flexibility index (Phi) is 5.51. The van der Waals surface area contributed by atoms with Crippen molar-refractivity contribution in [1.29, 1.82) is 0 Å². The zero-order chi connectivity index (χ0) is 15.5. The molecule has 1 aromatic rings. The molecule has 1 N–H and O–H groups in total. The van der Waals surface area contributed by atoms with Gasteiger partial charge in [-0.05, 0) is 40.0 Å². The van der Waals surface area contributed by atoms with Gasteiger partial charge in [-0.2, -0.15) is 13.2 Å². The summed E-state index contributed by atoms with van der Waals surface area (Å²) in [7, 11) is 1.36. The van der Waals surface area contributed by atoms with Crippen molar-refractivity contribution in [3.63, 3.8) is 0 Å². The van der Waals surface area contributed by atoms with Crippen LogP contribution in [0.2, 0.25) is 0 Å². The maximum absolute atomic E-state index is 13.2. The maximum atomic E-state index is 13.2. The zero-order valence-corrected chi connectivity index (χ0v) is 13.4. The first-order chi connectivity index (χ1) is 9.91. The van der Waals surface area contributed by atoms with Crippen molar-refractivity contribution >= 4 is 15.9 Å². The third-order valence-electron chi connectivity index (χ3n) is 3.59. The summed E-state index contributed by atoms with van der Waals surface area (Å²) >= 11 is 3.26. The third-order valence-corrected chi connectivity index (χ3v) is 4.21. The average Bonchev–Trinajstić information content (AvgIpc) is 2.45. The normalized spacial score (nSPS) is 17.0. The van der Waals surface area contributed by atoms with Gasteiger partial charge in [-0.25, -0.2) is 0 Å². The highest BCUT2D eigenvalue weighted by Crippen LogP contribution is 2.38. The fraction of sp³-hybridized carbons (Fsp3) is 0.571. The largest absolute Gasteiger partial charge is 0.496 e. The third kappa shape index (κ3) is 4.34. The minimum Gasteiger partial charge on any atom is -0.496 e. The van der Waals surface area contributed by atoms with Gasteiger partial charge in [0, 0.05) is 32.7 Å². The van der Waals surface area contributed by atoms with Crippen LogP contribution < -0.4 is 10.1 Å². The summed E-state index contributed by atoms with van der Waals surface area (Å²) in [6.07, 6.45) is -4.00. The fourth-order valence-corrected chi connectivity index (χ4v) is 2.99. The molecule has 1 heterocycles. The topological polar surface area (TPSA) is 24.5 Å². The lowest BCUT2D eigenvalue weighted by Crippen LogP contribution is -2.44. The SMILES string of the molecule is COc1cc(C(F)(F)F)c(CCN2CCNCC2)cc1Br. The molecule has 0 bridgehead atoms. The minimum absolute atomic E-state index is 0.202. The second kappa shape index (κ2) is 6.98. The molecule has 118 valence electrons. The molecule has 2 rings (SSSR count). The van der Waals surface area contributed by atoms with E-state index in [1.165, 1.54) is 13.2 Å². The molecule has 0 aromatic heterocycles. The second-order valence-corrected chi connectivity index (χ2v) is 5.84. The van der Waals surface area contributed by atoms with Gasteiger partial charge in [-0.15, -0.1) is 0 Å². The Bertz CT molecular complexity index is 488. The van der Waals surface area contributed by atoms with E-state index >= 15 is 0 Å². The Hall–Kier alpha value is -0.790. The molecule has 0 amide bonds. The molecule has 0 aliphatic carbocycles. The second-order valence-electron chi connectivity index (χ2n) is 4.98. The minimum atomic E-state index is -4.37. The first-order valence-electron chi connectivity index (χ1n) is 6.78. The van der Waals surface area contributed by atoms with Crippen LogP contribution in [0.1, 0.15) is 11.1 Å². The van der Waals surface area contributed by atoms with Gasteiger partial charge in [0.05, 0.1) is 17.1 Å². The molecule has 1 fully saturated rings. The van der Waals surface area contributed by atoms with Crippen LogP contribution in [-0.2, 0) is 12.6 Å². The molecular formula is C14H18BrF3N2O. The monoisotopic (exact) mass is 366 g/mol. The molecular weight excluding hydrogens is 349 g/mol. The number of hydrogen-bond acceptors (Lipinski definition) is 3. The number of piperazine rings is 1. The predicted molar refractivity (Wildman–Crippen MR) is 78.7 cm³/mol. The number of benzene rings is 1. The molecule has 0 atom stereocenters. The van der Waals surface area contributed by atoms with Gasteiger partial charge in [0.1, 0.15) is 5.75 Å². The first kappa shape index (κ1) is 16.6. The van der Waals surface area contributed by atoms with Crippen molar-refractivity contribution in [2.24, 2.45) is 0 Å². The Morgan fingerprint density at radius 3 is 2.52 bits per heavy atom. The van der Waals surface area contributed by atoms with Gasteiger partial charge < -0.3 is 15.0 Å². The van der Waals surface area contributed by atoms with E-state index in [1.807, 2.05) is 0 Å². The Balaban J connectivity index is 2.18. The quantitative estimate of drug-likeness (QED) is 0.886. The maximum Gasteiger partial charge on any atom is 0.416 e. The van der Waals surface area contributed by atoms with Crippen molar-refractivity contribution in [1.82, 2.24) is 10.2 Å². The van der Waals surface area contributed by atoms with E-state index in [4.69, 9.17) is 4.74 Å². The molecule has 1 aliphatic heterocycles. The molecule has 1 saturated heterocycles. The van der Waals surface area contributed by atoms with Crippen molar-refractivity contribution in [2.75, 3.05) is 39.8 Å². The number of methoxy groups -OCH3 is 1. The Morgan fingerprint density at radius 2 is 1.95 bits per heavy atom. The van der Waals surface area contributed by atoms with Crippen molar-refractivity contribution in [3.8, 4) is 5.75 Å². The molecule has 0 unspecified atom stereocenters. The number of nitrogens with one attached hydrogen (secondary N) is 1. The highest BCUT2D eigenvalue weighted by Gasteiger charge is 2.34. The lowest BCUT2D eigenvalue weighted by atomic mass is 10.0. The van der Waals surface area contributed by atoms with Gasteiger partial charge in [0.2, 0.25) is 0 Å². The molecule has 1 aromatic carbocycles. The van der Waals surface area contributed by atoms with Crippen LogP contribution in [0.5, 0.6) is 5.75 Å². The van der Waals surface area contributed by atoms with Crippen LogP contribution >= 0.6 is 15.9 Å². The van der Waals surface area contributed by atoms with Gasteiger partial charge in [-0.3, -0.25) is 0 Å². The Labute approximate surface area is 130 Å². The summed E-state index contributed by atoms with van der Waals surface area (Å²) in [6, 6.07) is 2.58. The molecule has 7 heteroatoms. The van der Waals surface area contributed by atoms with E-state index in [1.54, 1.807) is 0 Å². The fourth-order valence-electron chi connectivity index (χ4n) is 2.44. The van der Waals surface area contributed by atoms with Crippen LogP contribution in [0.25, 0.3) is 0 Å².